The zero-order valence-corrected chi connectivity index (χ0v) is 17.1. The number of rotatable bonds is 6. The fourth-order valence-electron chi connectivity index (χ4n) is 2.61. The summed E-state index contributed by atoms with van der Waals surface area (Å²) in [5.41, 5.74) is 2.71. The number of carbonyl (C=O) groups excluding carboxylic acids is 1. The largest absolute Gasteiger partial charge is 0.497 e. The van der Waals surface area contributed by atoms with Crippen molar-refractivity contribution >= 4 is 51.3 Å². The number of fused-ring (bicyclic) bond motifs is 1. The van der Waals surface area contributed by atoms with Crippen molar-refractivity contribution in [2.75, 3.05) is 18.2 Å². The normalized spacial score (nSPS) is 10.9. The van der Waals surface area contributed by atoms with Crippen LogP contribution in [0.25, 0.3) is 16.2 Å². The third kappa shape index (κ3) is 3.99. The summed E-state index contributed by atoms with van der Waals surface area (Å²) >= 11 is 8.71. The van der Waals surface area contributed by atoms with Crippen molar-refractivity contribution in [3.63, 3.8) is 0 Å². The van der Waals surface area contributed by atoms with Crippen LogP contribution in [0.2, 0.25) is 5.02 Å². The molecule has 6 nitrogen and oxygen atoms in total. The Kier molecular flexibility index (Phi) is 5.52. The molecule has 2 heterocycles. The minimum absolute atomic E-state index is 0.120. The summed E-state index contributed by atoms with van der Waals surface area (Å²) in [5.74, 6) is 0.902. The van der Waals surface area contributed by atoms with Gasteiger partial charge in [0.15, 0.2) is 5.16 Å². The molecule has 0 fully saturated rings. The average Bonchev–Trinajstić information content (AvgIpc) is 3.31. The fraction of sp³-hybridized carbons (Fsp3) is 0.105. The molecule has 0 spiro atoms. The summed E-state index contributed by atoms with van der Waals surface area (Å²) in [6.45, 7) is 0. The van der Waals surface area contributed by atoms with Crippen molar-refractivity contribution in [1.29, 1.82) is 0 Å². The van der Waals surface area contributed by atoms with E-state index in [2.05, 4.69) is 15.5 Å². The number of carbonyl (C=O) groups is 1. The van der Waals surface area contributed by atoms with Crippen LogP contribution in [0.15, 0.2) is 59.1 Å². The van der Waals surface area contributed by atoms with Gasteiger partial charge in [-0.25, -0.2) is 0 Å². The number of thioether (sulfide) groups is 1. The number of halogens is 1. The summed E-state index contributed by atoms with van der Waals surface area (Å²) in [6.07, 6.45) is 0. The molecule has 0 saturated heterocycles. The van der Waals surface area contributed by atoms with E-state index in [1.165, 1.54) is 23.1 Å². The molecule has 0 aliphatic carbocycles. The lowest BCUT2D eigenvalue weighted by atomic mass is 10.2. The lowest BCUT2D eigenvalue weighted by Gasteiger charge is -2.06. The molecular weight excluding hydrogens is 416 g/mol. The highest BCUT2D eigenvalue weighted by atomic mass is 35.5. The van der Waals surface area contributed by atoms with Crippen LogP contribution in [0, 0.1) is 0 Å². The van der Waals surface area contributed by atoms with E-state index < -0.39 is 0 Å². The topological polar surface area (TPSA) is 68.5 Å². The Hall–Kier alpha value is -2.55. The van der Waals surface area contributed by atoms with Gasteiger partial charge in [0.25, 0.3) is 0 Å². The van der Waals surface area contributed by atoms with Crippen LogP contribution in [0.3, 0.4) is 0 Å². The van der Waals surface area contributed by atoms with Crippen molar-refractivity contribution in [2.24, 2.45) is 0 Å². The average molecular weight is 431 g/mol. The molecule has 28 heavy (non-hydrogen) atoms. The number of nitrogens with one attached hydrogen (secondary N) is 1. The molecule has 0 radical (unpaired) electrons. The predicted octanol–water partition coefficient (Wildman–Crippen LogP) is 4.85. The molecule has 1 amide bonds. The van der Waals surface area contributed by atoms with Gasteiger partial charge < -0.3 is 10.1 Å². The Labute approximate surface area is 174 Å². The van der Waals surface area contributed by atoms with Crippen LogP contribution in [-0.2, 0) is 4.79 Å². The smallest absolute Gasteiger partial charge is 0.234 e. The van der Waals surface area contributed by atoms with Crippen molar-refractivity contribution in [1.82, 2.24) is 14.6 Å². The van der Waals surface area contributed by atoms with Crippen LogP contribution in [0.1, 0.15) is 0 Å². The molecule has 0 bridgehead atoms. The first-order chi connectivity index (χ1) is 13.6. The van der Waals surface area contributed by atoms with Gasteiger partial charge in [0.2, 0.25) is 10.9 Å². The van der Waals surface area contributed by atoms with Crippen LogP contribution in [-0.4, -0.2) is 33.4 Å². The number of amides is 1. The van der Waals surface area contributed by atoms with Crippen LogP contribution in [0.5, 0.6) is 5.75 Å². The van der Waals surface area contributed by atoms with Gasteiger partial charge in [0.05, 0.1) is 18.6 Å². The van der Waals surface area contributed by atoms with Gasteiger partial charge in [0, 0.05) is 16.1 Å². The number of ether oxygens (including phenoxy) is 1. The number of aromatic nitrogens is 3. The predicted molar refractivity (Wildman–Crippen MR) is 114 cm³/mol. The van der Waals surface area contributed by atoms with E-state index in [0.29, 0.717) is 15.9 Å². The first-order valence-corrected chi connectivity index (χ1v) is 10.5. The zero-order valence-electron chi connectivity index (χ0n) is 14.8. The number of thiazole rings is 1. The summed E-state index contributed by atoms with van der Waals surface area (Å²) < 4.78 is 7.18. The van der Waals surface area contributed by atoms with Crippen molar-refractivity contribution in [3.05, 3.63) is 58.9 Å². The number of hydrogen-bond donors (Lipinski definition) is 1. The second-order valence-corrected chi connectivity index (χ2v) is 8.01. The summed E-state index contributed by atoms with van der Waals surface area (Å²) in [7, 11) is 1.64. The quantitative estimate of drug-likeness (QED) is 0.443. The van der Waals surface area contributed by atoms with E-state index in [0.717, 1.165) is 22.0 Å². The molecule has 0 unspecified atom stereocenters. The number of hydrogen-bond acceptors (Lipinski definition) is 6. The van der Waals surface area contributed by atoms with Gasteiger partial charge in [-0.05, 0) is 54.1 Å². The maximum Gasteiger partial charge on any atom is 0.234 e. The number of anilines is 1. The lowest BCUT2D eigenvalue weighted by Crippen LogP contribution is -2.14. The molecule has 1 N–H and O–H groups in total. The molecule has 2 aromatic heterocycles. The highest BCUT2D eigenvalue weighted by Crippen LogP contribution is 2.30. The molecule has 0 atom stereocenters. The van der Waals surface area contributed by atoms with Crippen molar-refractivity contribution < 1.29 is 9.53 Å². The minimum Gasteiger partial charge on any atom is -0.497 e. The second kappa shape index (κ2) is 8.22. The maximum atomic E-state index is 12.3. The second-order valence-electron chi connectivity index (χ2n) is 5.79. The monoisotopic (exact) mass is 430 g/mol. The van der Waals surface area contributed by atoms with E-state index in [1.807, 2.05) is 34.0 Å². The van der Waals surface area contributed by atoms with E-state index in [-0.39, 0.29) is 11.7 Å². The third-order valence-electron chi connectivity index (χ3n) is 3.97. The van der Waals surface area contributed by atoms with E-state index in [4.69, 9.17) is 16.3 Å². The standard InChI is InChI=1S/C19H15ClN4O2S2/c1-26-15-8-2-12(3-9-15)16-10-27-18-22-23-19(24(16)18)28-11-17(25)21-14-6-4-13(20)5-7-14/h2-10H,11H2,1H3,(H,21,25). The maximum absolute atomic E-state index is 12.3. The lowest BCUT2D eigenvalue weighted by molar-refractivity contribution is -0.113. The van der Waals surface area contributed by atoms with Crippen LogP contribution in [0.4, 0.5) is 5.69 Å². The molecule has 0 aliphatic heterocycles. The molecule has 0 aliphatic rings. The zero-order chi connectivity index (χ0) is 19.5. The molecule has 142 valence electrons. The summed E-state index contributed by atoms with van der Waals surface area (Å²) in [6, 6.07) is 14.8. The number of methoxy groups -OCH3 is 1. The van der Waals surface area contributed by atoms with Crippen LogP contribution >= 0.6 is 34.7 Å². The van der Waals surface area contributed by atoms with Crippen molar-refractivity contribution in [2.45, 2.75) is 5.16 Å². The minimum atomic E-state index is -0.120. The molecule has 4 aromatic rings. The fourth-order valence-corrected chi connectivity index (χ4v) is 4.38. The SMILES string of the molecule is COc1ccc(-c2csc3nnc(SCC(=O)Nc4ccc(Cl)cc4)n23)cc1. The van der Waals surface area contributed by atoms with E-state index in [1.54, 1.807) is 31.4 Å². The van der Waals surface area contributed by atoms with Crippen molar-refractivity contribution in [3.8, 4) is 17.0 Å². The van der Waals surface area contributed by atoms with E-state index >= 15 is 0 Å². The Morgan fingerprint density at radius 1 is 1.18 bits per heavy atom. The van der Waals surface area contributed by atoms with E-state index in [9.17, 15) is 4.79 Å². The molecule has 0 saturated carbocycles. The highest BCUT2D eigenvalue weighted by Gasteiger charge is 2.15. The van der Waals surface area contributed by atoms with Gasteiger partial charge in [0.1, 0.15) is 5.75 Å². The van der Waals surface area contributed by atoms with Gasteiger partial charge in [-0.2, -0.15) is 0 Å². The molecular formula is C19H15ClN4O2S2. The number of nitrogens with zero attached hydrogens (tertiary/aromatic N) is 3. The molecule has 9 heteroatoms. The Morgan fingerprint density at radius 3 is 2.64 bits per heavy atom. The Balaban J connectivity index is 1.50. The van der Waals surface area contributed by atoms with Gasteiger partial charge in [-0.1, -0.05) is 23.4 Å². The summed E-state index contributed by atoms with van der Waals surface area (Å²) in [5, 5.41) is 14.6. The molecule has 2 aromatic carbocycles. The van der Waals surface area contributed by atoms with Crippen LogP contribution < -0.4 is 10.1 Å². The highest BCUT2D eigenvalue weighted by molar-refractivity contribution is 7.99. The first-order valence-electron chi connectivity index (χ1n) is 8.29. The van der Waals surface area contributed by atoms with Gasteiger partial charge >= 0.3 is 0 Å². The number of benzene rings is 2. The third-order valence-corrected chi connectivity index (χ3v) is 5.96. The molecule has 4 rings (SSSR count). The Bertz CT molecular complexity index is 1110. The first kappa shape index (κ1) is 18.8. The van der Waals surface area contributed by atoms with Gasteiger partial charge in [-0.15, -0.1) is 21.5 Å². The summed E-state index contributed by atoms with van der Waals surface area (Å²) in [4.78, 5) is 13.0. The Morgan fingerprint density at radius 2 is 1.93 bits per heavy atom. The van der Waals surface area contributed by atoms with Gasteiger partial charge in [-0.3, -0.25) is 9.20 Å².